The summed E-state index contributed by atoms with van der Waals surface area (Å²) in [6.45, 7) is 3.95. The molecular weight excluding hydrogens is 257 g/mol. The molecule has 0 aliphatic carbocycles. The van der Waals surface area contributed by atoms with Crippen molar-refractivity contribution in [1.82, 2.24) is 4.90 Å². The predicted octanol–water partition coefficient (Wildman–Crippen LogP) is 3.43. The summed E-state index contributed by atoms with van der Waals surface area (Å²) in [6, 6.07) is 6.78. The van der Waals surface area contributed by atoms with E-state index in [2.05, 4.69) is 34.8 Å². The molecule has 1 atom stereocenters. The summed E-state index contributed by atoms with van der Waals surface area (Å²) < 4.78 is 12.9. The van der Waals surface area contributed by atoms with E-state index >= 15 is 0 Å². The van der Waals surface area contributed by atoms with Crippen molar-refractivity contribution >= 4 is 15.9 Å². The van der Waals surface area contributed by atoms with Crippen LogP contribution >= 0.6 is 15.9 Å². The minimum absolute atomic E-state index is 0.158. The number of halogens is 2. The molecule has 0 bridgehead atoms. The Labute approximate surface area is 99.4 Å². The van der Waals surface area contributed by atoms with Gasteiger partial charge in [0.2, 0.25) is 0 Å². The molecule has 0 N–H and O–H groups in total. The Hall–Kier alpha value is -0.410. The summed E-state index contributed by atoms with van der Waals surface area (Å²) in [5, 5.41) is 0. The molecule has 15 heavy (non-hydrogen) atoms. The van der Waals surface area contributed by atoms with E-state index < -0.39 is 0 Å². The van der Waals surface area contributed by atoms with Crippen LogP contribution in [0.1, 0.15) is 18.9 Å². The van der Waals surface area contributed by atoms with Crippen molar-refractivity contribution in [3.8, 4) is 0 Å². The van der Waals surface area contributed by atoms with Gasteiger partial charge in [0.25, 0.3) is 0 Å². The molecule has 0 aromatic heterocycles. The van der Waals surface area contributed by atoms with E-state index in [1.807, 2.05) is 6.07 Å². The van der Waals surface area contributed by atoms with Crippen LogP contribution in [-0.2, 0) is 6.54 Å². The molecule has 0 aliphatic rings. The average molecular weight is 274 g/mol. The van der Waals surface area contributed by atoms with Gasteiger partial charge in [0.15, 0.2) is 0 Å². The van der Waals surface area contributed by atoms with Gasteiger partial charge in [-0.15, -0.1) is 0 Å². The van der Waals surface area contributed by atoms with E-state index in [9.17, 15) is 4.39 Å². The van der Waals surface area contributed by atoms with Gasteiger partial charge in [0, 0.05) is 11.4 Å². The van der Waals surface area contributed by atoms with Gasteiger partial charge in [-0.1, -0.05) is 35.0 Å². The second-order valence-corrected chi connectivity index (χ2v) is 5.50. The summed E-state index contributed by atoms with van der Waals surface area (Å²) in [4.78, 5) is 2.74. The maximum absolute atomic E-state index is 12.9. The molecule has 1 rings (SSSR count). The Morgan fingerprint density at radius 1 is 1.47 bits per heavy atom. The number of rotatable bonds is 5. The van der Waals surface area contributed by atoms with Crippen LogP contribution in [0.25, 0.3) is 0 Å². The average Bonchev–Trinajstić information content (AvgIpc) is 2.15. The molecule has 0 fully saturated rings. The third-order valence-electron chi connectivity index (χ3n) is 2.25. The van der Waals surface area contributed by atoms with Crippen LogP contribution in [0.15, 0.2) is 24.3 Å². The molecule has 0 heterocycles. The lowest BCUT2D eigenvalue weighted by molar-refractivity contribution is 0.322. The minimum atomic E-state index is -0.158. The first-order valence-electron chi connectivity index (χ1n) is 5.15. The fraction of sp³-hybridized carbons (Fsp3) is 0.500. The standard InChI is InChI=1S/C12H17BrFN/c1-10(13)6-7-15(2)9-11-4-3-5-12(14)8-11/h3-5,8,10H,6-7,9H2,1-2H3. The SMILES string of the molecule is CC(Br)CCN(C)Cc1cccc(F)c1. The lowest BCUT2D eigenvalue weighted by Crippen LogP contribution is -2.20. The van der Waals surface area contributed by atoms with Crippen molar-refractivity contribution < 1.29 is 4.39 Å². The van der Waals surface area contributed by atoms with Crippen molar-refractivity contribution in [1.29, 1.82) is 0 Å². The third kappa shape index (κ3) is 5.28. The fourth-order valence-corrected chi connectivity index (χ4v) is 1.63. The van der Waals surface area contributed by atoms with Crippen LogP contribution in [0.2, 0.25) is 0 Å². The number of benzene rings is 1. The molecule has 84 valence electrons. The number of hydrogen-bond acceptors (Lipinski definition) is 1. The predicted molar refractivity (Wildman–Crippen MR) is 65.7 cm³/mol. The molecule has 0 aliphatic heterocycles. The quantitative estimate of drug-likeness (QED) is 0.743. The van der Waals surface area contributed by atoms with Crippen LogP contribution in [0, 0.1) is 5.82 Å². The van der Waals surface area contributed by atoms with E-state index in [0.717, 1.165) is 25.1 Å². The van der Waals surface area contributed by atoms with Crippen molar-refractivity contribution in [2.45, 2.75) is 24.7 Å². The van der Waals surface area contributed by atoms with Crippen LogP contribution in [0.4, 0.5) is 4.39 Å². The topological polar surface area (TPSA) is 3.24 Å². The van der Waals surface area contributed by atoms with Crippen molar-refractivity contribution in [2.75, 3.05) is 13.6 Å². The van der Waals surface area contributed by atoms with Crippen molar-refractivity contribution in [3.63, 3.8) is 0 Å². The Kier molecular flexibility index (Phi) is 5.26. The molecule has 0 radical (unpaired) electrons. The van der Waals surface area contributed by atoms with Gasteiger partial charge < -0.3 is 4.90 Å². The highest BCUT2D eigenvalue weighted by Crippen LogP contribution is 2.08. The van der Waals surface area contributed by atoms with Gasteiger partial charge >= 0.3 is 0 Å². The lowest BCUT2D eigenvalue weighted by Gasteiger charge is -2.17. The maximum Gasteiger partial charge on any atom is 0.123 e. The Morgan fingerprint density at radius 3 is 2.80 bits per heavy atom. The van der Waals surface area contributed by atoms with Gasteiger partial charge in [-0.2, -0.15) is 0 Å². The van der Waals surface area contributed by atoms with Crippen molar-refractivity contribution in [3.05, 3.63) is 35.6 Å². The molecule has 0 saturated heterocycles. The van der Waals surface area contributed by atoms with Gasteiger partial charge in [0.1, 0.15) is 5.82 Å². The van der Waals surface area contributed by atoms with E-state index in [1.165, 1.54) is 6.07 Å². The molecule has 3 heteroatoms. The monoisotopic (exact) mass is 273 g/mol. The second kappa shape index (κ2) is 6.23. The second-order valence-electron chi connectivity index (χ2n) is 3.94. The van der Waals surface area contributed by atoms with Gasteiger partial charge in [-0.25, -0.2) is 4.39 Å². The highest BCUT2D eigenvalue weighted by Gasteiger charge is 2.03. The Morgan fingerprint density at radius 2 is 2.20 bits per heavy atom. The largest absolute Gasteiger partial charge is 0.302 e. The summed E-state index contributed by atoms with van der Waals surface area (Å²) in [5.41, 5.74) is 1.03. The molecule has 1 nitrogen and oxygen atoms in total. The summed E-state index contributed by atoms with van der Waals surface area (Å²) in [5.74, 6) is -0.158. The summed E-state index contributed by atoms with van der Waals surface area (Å²) >= 11 is 3.51. The maximum atomic E-state index is 12.9. The van der Waals surface area contributed by atoms with E-state index in [0.29, 0.717) is 4.83 Å². The number of hydrogen-bond donors (Lipinski definition) is 0. The summed E-state index contributed by atoms with van der Waals surface area (Å²) in [7, 11) is 2.06. The zero-order chi connectivity index (χ0) is 11.3. The van der Waals surface area contributed by atoms with Crippen LogP contribution in [0.3, 0.4) is 0 Å². The first-order valence-corrected chi connectivity index (χ1v) is 6.06. The lowest BCUT2D eigenvalue weighted by atomic mass is 10.2. The third-order valence-corrected chi connectivity index (χ3v) is 2.71. The van der Waals surface area contributed by atoms with Crippen molar-refractivity contribution in [2.24, 2.45) is 0 Å². The van der Waals surface area contributed by atoms with Crippen LogP contribution in [-0.4, -0.2) is 23.3 Å². The zero-order valence-corrected chi connectivity index (χ0v) is 10.8. The molecule has 0 spiro atoms. The molecule has 0 saturated carbocycles. The fourth-order valence-electron chi connectivity index (χ4n) is 1.42. The smallest absolute Gasteiger partial charge is 0.123 e. The first-order chi connectivity index (χ1) is 7.08. The Balaban J connectivity index is 2.40. The zero-order valence-electron chi connectivity index (χ0n) is 9.21. The molecule has 1 unspecified atom stereocenters. The van der Waals surface area contributed by atoms with Gasteiger partial charge in [-0.3, -0.25) is 0 Å². The van der Waals surface area contributed by atoms with E-state index in [-0.39, 0.29) is 5.82 Å². The van der Waals surface area contributed by atoms with Gasteiger partial charge in [0.05, 0.1) is 0 Å². The van der Waals surface area contributed by atoms with E-state index in [1.54, 1.807) is 12.1 Å². The molecule has 1 aromatic rings. The molecule has 0 amide bonds. The molecular formula is C12H17BrFN. The van der Waals surface area contributed by atoms with Crippen LogP contribution in [0.5, 0.6) is 0 Å². The highest BCUT2D eigenvalue weighted by atomic mass is 79.9. The van der Waals surface area contributed by atoms with Gasteiger partial charge in [-0.05, 0) is 37.7 Å². The van der Waals surface area contributed by atoms with Crippen LogP contribution < -0.4 is 0 Å². The van der Waals surface area contributed by atoms with E-state index in [4.69, 9.17) is 0 Å². The first kappa shape index (κ1) is 12.7. The summed E-state index contributed by atoms with van der Waals surface area (Å²) in [6.07, 6.45) is 1.10. The number of alkyl halides is 1. The number of nitrogens with zero attached hydrogens (tertiary/aromatic N) is 1. The normalized spacial score (nSPS) is 13.1. The highest BCUT2D eigenvalue weighted by molar-refractivity contribution is 9.09. The molecule has 1 aromatic carbocycles. The minimum Gasteiger partial charge on any atom is -0.302 e. The Bertz CT molecular complexity index is 301.